The van der Waals surface area contributed by atoms with Crippen LogP contribution in [0.25, 0.3) is 0 Å². The second-order valence-corrected chi connectivity index (χ2v) is 6.26. The van der Waals surface area contributed by atoms with Gasteiger partial charge in [0.2, 0.25) is 5.91 Å². The summed E-state index contributed by atoms with van der Waals surface area (Å²) in [7, 11) is 1.94. The number of carbonyl (C=O) groups is 1. The van der Waals surface area contributed by atoms with Crippen LogP contribution in [0.1, 0.15) is 39.0 Å². The third-order valence-corrected chi connectivity index (χ3v) is 5.12. The molecule has 0 aromatic rings. The van der Waals surface area contributed by atoms with Gasteiger partial charge in [-0.2, -0.15) is 0 Å². The highest BCUT2D eigenvalue weighted by atomic mass is 16.7. The summed E-state index contributed by atoms with van der Waals surface area (Å²) in [5, 5.41) is 0. The van der Waals surface area contributed by atoms with Crippen LogP contribution in [0.5, 0.6) is 0 Å². The second-order valence-electron chi connectivity index (χ2n) is 6.26. The predicted molar refractivity (Wildman–Crippen MR) is 73.2 cm³/mol. The van der Waals surface area contributed by atoms with Gasteiger partial charge in [-0.25, -0.2) is 0 Å². The van der Waals surface area contributed by atoms with Crippen LogP contribution in [0, 0.1) is 5.92 Å². The van der Waals surface area contributed by atoms with E-state index in [2.05, 4.69) is 0 Å². The van der Waals surface area contributed by atoms with Crippen molar-refractivity contribution in [1.82, 2.24) is 4.90 Å². The molecule has 3 fully saturated rings. The lowest BCUT2D eigenvalue weighted by Gasteiger charge is -2.39. The van der Waals surface area contributed by atoms with Gasteiger partial charge in [-0.1, -0.05) is 0 Å². The zero-order valence-corrected chi connectivity index (χ0v) is 12.5. The normalized spacial score (nSPS) is 33.7. The molecule has 5 nitrogen and oxygen atoms in total. The number of amides is 1. The number of ether oxygens (including phenoxy) is 3. The Labute approximate surface area is 120 Å². The van der Waals surface area contributed by atoms with Crippen LogP contribution in [0.3, 0.4) is 0 Å². The van der Waals surface area contributed by atoms with Crippen molar-refractivity contribution >= 4 is 5.91 Å². The minimum atomic E-state index is -0.343. The van der Waals surface area contributed by atoms with Crippen molar-refractivity contribution < 1.29 is 19.0 Å². The first kappa shape index (κ1) is 14.3. The van der Waals surface area contributed by atoms with Crippen molar-refractivity contribution in [2.75, 3.05) is 26.9 Å². The highest BCUT2D eigenvalue weighted by Crippen LogP contribution is 2.37. The molecule has 0 bridgehead atoms. The quantitative estimate of drug-likeness (QED) is 0.771. The van der Waals surface area contributed by atoms with E-state index in [-0.39, 0.29) is 23.7 Å². The molecule has 1 saturated carbocycles. The van der Waals surface area contributed by atoms with Crippen molar-refractivity contribution in [3.05, 3.63) is 0 Å². The van der Waals surface area contributed by atoms with Gasteiger partial charge in [0.05, 0.1) is 25.2 Å². The highest BCUT2D eigenvalue weighted by molar-refractivity contribution is 5.79. The summed E-state index contributed by atoms with van der Waals surface area (Å²) in [5.74, 6) is -0.0662. The molecule has 2 atom stereocenters. The third kappa shape index (κ3) is 2.59. The van der Waals surface area contributed by atoms with Crippen LogP contribution >= 0.6 is 0 Å². The van der Waals surface area contributed by atoms with E-state index in [0.29, 0.717) is 25.9 Å². The van der Waals surface area contributed by atoms with Crippen molar-refractivity contribution in [3.63, 3.8) is 0 Å². The van der Waals surface area contributed by atoms with Gasteiger partial charge in [0.25, 0.3) is 0 Å². The summed E-state index contributed by atoms with van der Waals surface area (Å²) in [6.07, 6.45) is 4.63. The van der Waals surface area contributed by atoms with Gasteiger partial charge in [-0.05, 0) is 26.2 Å². The third-order valence-electron chi connectivity index (χ3n) is 5.12. The van der Waals surface area contributed by atoms with Gasteiger partial charge in [0.1, 0.15) is 0 Å². The zero-order chi connectivity index (χ0) is 14.2. The first-order valence-corrected chi connectivity index (χ1v) is 7.77. The van der Waals surface area contributed by atoms with Gasteiger partial charge in [0.15, 0.2) is 5.79 Å². The summed E-state index contributed by atoms with van der Waals surface area (Å²) < 4.78 is 17.0. The molecule has 2 aliphatic heterocycles. The average molecular weight is 283 g/mol. The molecule has 2 heterocycles. The molecule has 1 amide bonds. The number of carbonyl (C=O) groups excluding carboxylic acids is 1. The molecule has 2 unspecified atom stereocenters. The van der Waals surface area contributed by atoms with E-state index in [1.807, 2.05) is 18.9 Å². The molecule has 3 rings (SSSR count). The average Bonchev–Trinajstić information content (AvgIpc) is 3.08. The minimum absolute atomic E-state index is 0.0369. The van der Waals surface area contributed by atoms with Gasteiger partial charge in [0, 0.05) is 32.5 Å². The van der Waals surface area contributed by atoms with Gasteiger partial charge >= 0.3 is 0 Å². The molecular formula is C15H25NO4. The van der Waals surface area contributed by atoms with E-state index in [4.69, 9.17) is 14.2 Å². The van der Waals surface area contributed by atoms with Crippen molar-refractivity contribution in [2.45, 2.75) is 57.0 Å². The Morgan fingerprint density at radius 3 is 2.30 bits per heavy atom. The Morgan fingerprint density at radius 2 is 1.75 bits per heavy atom. The first-order chi connectivity index (χ1) is 9.61. The number of nitrogens with zero attached hydrogens (tertiary/aromatic N) is 1. The van der Waals surface area contributed by atoms with Crippen LogP contribution in [-0.2, 0) is 19.0 Å². The second kappa shape index (κ2) is 5.62. The molecule has 0 N–H and O–H groups in total. The maximum absolute atomic E-state index is 12.6. The number of hydrogen-bond donors (Lipinski definition) is 0. The lowest BCUT2D eigenvalue weighted by molar-refractivity contribution is -0.185. The summed E-state index contributed by atoms with van der Waals surface area (Å²) >= 11 is 0. The lowest BCUT2D eigenvalue weighted by atomic mass is 9.88. The van der Waals surface area contributed by atoms with Crippen LogP contribution in [0.2, 0.25) is 0 Å². The minimum Gasteiger partial charge on any atom is -0.378 e. The summed E-state index contributed by atoms with van der Waals surface area (Å²) in [6, 6.07) is 0.314. The van der Waals surface area contributed by atoms with Gasteiger partial charge < -0.3 is 19.1 Å². The van der Waals surface area contributed by atoms with Crippen molar-refractivity contribution in [3.8, 4) is 0 Å². The molecule has 20 heavy (non-hydrogen) atoms. The molecule has 114 valence electrons. The Kier molecular flexibility index (Phi) is 4.02. The Balaban J connectivity index is 1.55. The molecule has 1 spiro atoms. The fourth-order valence-corrected chi connectivity index (χ4v) is 3.71. The number of rotatable bonds is 2. The molecule has 5 heteroatoms. The molecule has 3 aliphatic rings. The smallest absolute Gasteiger partial charge is 0.228 e. The molecular weight excluding hydrogens is 258 g/mol. The number of hydrogen-bond acceptors (Lipinski definition) is 4. The Morgan fingerprint density at radius 1 is 1.10 bits per heavy atom. The molecule has 2 saturated heterocycles. The van der Waals surface area contributed by atoms with E-state index in [1.54, 1.807) is 0 Å². The van der Waals surface area contributed by atoms with E-state index in [9.17, 15) is 4.79 Å². The summed E-state index contributed by atoms with van der Waals surface area (Å²) in [4.78, 5) is 14.5. The SMILES string of the molecule is CC1OCCC1C(=O)N(C)C1CCC2(CC1)OCCO2. The van der Waals surface area contributed by atoms with Crippen molar-refractivity contribution in [2.24, 2.45) is 5.92 Å². The van der Waals surface area contributed by atoms with Crippen LogP contribution in [-0.4, -0.2) is 55.6 Å². The highest BCUT2D eigenvalue weighted by Gasteiger charge is 2.43. The van der Waals surface area contributed by atoms with E-state index >= 15 is 0 Å². The fraction of sp³-hybridized carbons (Fsp3) is 0.933. The molecule has 0 aromatic heterocycles. The first-order valence-electron chi connectivity index (χ1n) is 7.77. The lowest BCUT2D eigenvalue weighted by Crippen LogP contribution is -2.47. The van der Waals surface area contributed by atoms with Crippen LogP contribution in [0.15, 0.2) is 0 Å². The van der Waals surface area contributed by atoms with Crippen LogP contribution in [0.4, 0.5) is 0 Å². The topological polar surface area (TPSA) is 48.0 Å². The van der Waals surface area contributed by atoms with E-state index in [0.717, 1.165) is 32.1 Å². The van der Waals surface area contributed by atoms with Crippen LogP contribution < -0.4 is 0 Å². The zero-order valence-electron chi connectivity index (χ0n) is 12.5. The maximum Gasteiger partial charge on any atom is 0.228 e. The largest absolute Gasteiger partial charge is 0.378 e. The molecule has 1 aliphatic carbocycles. The fourth-order valence-electron chi connectivity index (χ4n) is 3.71. The van der Waals surface area contributed by atoms with E-state index in [1.165, 1.54) is 0 Å². The van der Waals surface area contributed by atoms with Crippen molar-refractivity contribution in [1.29, 1.82) is 0 Å². The van der Waals surface area contributed by atoms with E-state index < -0.39 is 0 Å². The molecule has 0 radical (unpaired) electrons. The standard InChI is InChI=1S/C15H25NO4/c1-11-13(5-8-18-11)14(17)16(2)12-3-6-15(7-4-12)19-9-10-20-15/h11-13H,3-10H2,1-2H3. The summed E-state index contributed by atoms with van der Waals surface area (Å²) in [6.45, 7) is 4.12. The maximum atomic E-state index is 12.6. The Hall–Kier alpha value is -0.650. The molecule has 0 aromatic carbocycles. The van der Waals surface area contributed by atoms with Gasteiger partial charge in [-0.3, -0.25) is 4.79 Å². The Bertz CT molecular complexity index is 357. The summed E-state index contributed by atoms with van der Waals surface area (Å²) in [5.41, 5.74) is 0. The monoisotopic (exact) mass is 283 g/mol. The van der Waals surface area contributed by atoms with Gasteiger partial charge in [-0.15, -0.1) is 0 Å². The predicted octanol–water partition coefficient (Wildman–Crippen LogP) is 1.56.